The lowest BCUT2D eigenvalue weighted by Crippen LogP contribution is -2.70. The summed E-state index contributed by atoms with van der Waals surface area (Å²) in [4.78, 5) is 7.65. The third-order valence-electron chi connectivity index (χ3n) is 9.24. The molecule has 2 saturated heterocycles. The lowest BCUT2D eigenvalue weighted by Gasteiger charge is -2.65. The summed E-state index contributed by atoms with van der Waals surface area (Å²) in [5.74, 6) is 1.63. The summed E-state index contributed by atoms with van der Waals surface area (Å²) in [6, 6.07) is 22.8. The number of benzene rings is 2. The summed E-state index contributed by atoms with van der Waals surface area (Å²) < 4.78 is 0. The molecule has 2 aromatic carbocycles. The van der Waals surface area contributed by atoms with Gasteiger partial charge in [-0.15, -0.1) is 5.06 Å². The van der Waals surface area contributed by atoms with Crippen molar-refractivity contribution in [2.24, 2.45) is 17.1 Å². The number of para-hydroxylation sites is 1. The molecule has 2 atom stereocenters. The molecule has 3 N–H and O–H groups in total. The van der Waals surface area contributed by atoms with Gasteiger partial charge in [-0.3, -0.25) is 0 Å². The molecule has 0 amide bonds. The van der Waals surface area contributed by atoms with Gasteiger partial charge in [0.2, 0.25) is 0 Å². The molecule has 0 radical (unpaired) electrons. The van der Waals surface area contributed by atoms with Gasteiger partial charge in [0.1, 0.15) is 5.75 Å². The van der Waals surface area contributed by atoms with Crippen LogP contribution < -0.4 is 15.9 Å². The largest absolute Gasteiger partial charge is 0.405 e. The molecule has 2 unspecified atom stereocenters. The Hall–Kier alpha value is -1.95. The van der Waals surface area contributed by atoms with Gasteiger partial charge in [0, 0.05) is 23.5 Å². The number of nitrogens with one attached hydrogen (secondary N) is 1. The molecule has 2 heterocycles. The van der Waals surface area contributed by atoms with Crippen LogP contribution >= 0.6 is 12.2 Å². The average Bonchev–Trinajstić information content (AvgIpc) is 2.87. The van der Waals surface area contributed by atoms with Crippen molar-refractivity contribution in [3.05, 3.63) is 66.2 Å². The quantitative estimate of drug-likeness (QED) is 0.550. The molecule has 2 aromatic rings. The molecule has 5 aliphatic rings. The molecule has 3 aliphatic carbocycles. The number of nitrogens with zero attached hydrogens (tertiary/aromatic N) is 1. The van der Waals surface area contributed by atoms with E-state index in [9.17, 15) is 0 Å². The number of piperidine rings is 2. The van der Waals surface area contributed by atoms with Crippen molar-refractivity contribution in [1.82, 2.24) is 10.4 Å². The van der Waals surface area contributed by atoms with Gasteiger partial charge in [0.25, 0.3) is 0 Å². The number of hydrogen-bond acceptors (Lipinski definition) is 4. The molecule has 0 spiro atoms. The molecule has 3 saturated carbocycles. The molecule has 5 fully saturated rings. The first kappa shape index (κ1) is 22.5. The van der Waals surface area contributed by atoms with Gasteiger partial charge in [-0.1, -0.05) is 60.7 Å². The first-order valence-electron chi connectivity index (χ1n) is 13.2. The fourth-order valence-electron chi connectivity index (χ4n) is 7.74. The molecular formula is C29H37N3OS. The zero-order valence-corrected chi connectivity index (χ0v) is 20.8. The number of rotatable bonds is 6. The predicted octanol–water partition coefficient (Wildman–Crippen LogP) is 5.37. The summed E-state index contributed by atoms with van der Waals surface area (Å²) in [6.07, 6.45) is 10.5. The van der Waals surface area contributed by atoms with Crippen molar-refractivity contribution in [1.29, 1.82) is 0 Å². The van der Waals surface area contributed by atoms with Gasteiger partial charge in [-0.2, -0.15) is 0 Å². The van der Waals surface area contributed by atoms with Crippen molar-refractivity contribution >= 4 is 17.2 Å². The number of hydrogen-bond donors (Lipinski definition) is 2. The van der Waals surface area contributed by atoms with Gasteiger partial charge in [0.15, 0.2) is 0 Å². The third kappa shape index (κ3) is 3.96. The van der Waals surface area contributed by atoms with Crippen LogP contribution in [0.1, 0.15) is 63.4 Å². The summed E-state index contributed by atoms with van der Waals surface area (Å²) in [5, 5.41) is 6.22. The number of nitrogens with two attached hydrogens (primary N) is 1. The molecule has 34 heavy (non-hydrogen) atoms. The fourth-order valence-corrected chi connectivity index (χ4v) is 8.14. The Labute approximate surface area is 209 Å². The highest BCUT2D eigenvalue weighted by molar-refractivity contribution is 7.80. The minimum absolute atomic E-state index is 0.0677. The minimum Gasteiger partial charge on any atom is -0.405 e. The zero-order chi connectivity index (χ0) is 23.2. The van der Waals surface area contributed by atoms with Crippen LogP contribution in [0.15, 0.2) is 60.7 Å². The molecular weight excluding hydrogens is 438 g/mol. The summed E-state index contributed by atoms with van der Waals surface area (Å²) in [6.45, 7) is 0.821. The van der Waals surface area contributed by atoms with Crippen LogP contribution in [-0.2, 0) is 5.41 Å². The highest BCUT2D eigenvalue weighted by atomic mass is 32.1. The van der Waals surface area contributed by atoms with Crippen LogP contribution in [0, 0.1) is 11.3 Å². The monoisotopic (exact) mass is 475 g/mol. The van der Waals surface area contributed by atoms with Crippen molar-refractivity contribution in [3.63, 3.8) is 0 Å². The van der Waals surface area contributed by atoms with Crippen molar-refractivity contribution < 1.29 is 4.84 Å². The van der Waals surface area contributed by atoms with E-state index in [0.29, 0.717) is 24.0 Å². The molecule has 7 rings (SSSR count). The summed E-state index contributed by atoms with van der Waals surface area (Å²) in [5.41, 5.74) is 7.67. The predicted molar refractivity (Wildman–Crippen MR) is 141 cm³/mol. The van der Waals surface area contributed by atoms with Crippen molar-refractivity contribution in [3.8, 4) is 5.75 Å². The maximum absolute atomic E-state index is 6.53. The van der Waals surface area contributed by atoms with E-state index < -0.39 is 0 Å². The Morgan fingerprint density at radius 1 is 0.912 bits per heavy atom. The normalized spacial score (nSPS) is 36.9. The van der Waals surface area contributed by atoms with E-state index >= 15 is 0 Å². The van der Waals surface area contributed by atoms with E-state index in [0.717, 1.165) is 43.0 Å². The van der Waals surface area contributed by atoms with Crippen molar-refractivity contribution in [2.45, 2.75) is 81.3 Å². The van der Waals surface area contributed by atoms with E-state index in [1.165, 1.54) is 37.7 Å². The van der Waals surface area contributed by atoms with Crippen LogP contribution in [0.5, 0.6) is 5.75 Å². The molecule has 0 aromatic heterocycles. The van der Waals surface area contributed by atoms with E-state index in [2.05, 4.69) is 65.0 Å². The van der Waals surface area contributed by atoms with Crippen LogP contribution in [0.4, 0.5) is 0 Å². The lowest BCUT2D eigenvalue weighted by atomic mass is 9.47. The summed E-state index contributed by atoms with van der Waals surface area (Å²) >= 11 is 6.26. The Morgan fingerprint density at radius 3 is 2.15 bits per heavy atom. The number of thiocarbonyl (C=S) groups is 1. The van der Waals surface area contributed by atoms with Crippen LogP contribution in [-0.4, -0.2) is 34.7 Å². The lowest BCUT2D eigenvalue weighted by molar-refractivity contribution is -0.224. The van der Waals surface area contributed by atoms with E-state index in [4.69, 9.17) is 22.8 Å². The smallest absolute Gasteiger partial charge is 0.147 e. The van der Waals surface area contributed by atoms with E-state index in [-0.39, 0.29) is 10.8 Å². The van der Waals surface area contributed by atoms with Gasteiger partial charge in [0.05, 0.1) is 4.99 Å². The van der Waals surface area contributed by atoms with Gasteiger partial charge in [-0.25, -0.2) is 0 Å². The second-order valence-electron chi connectivity index (χ2n) is 11.4. The molecule has 4 bridgehead atoms. The Morgan fingerprint density at radius 2 is 1.53 bits per heavy atom. The zero-order valence-electron chi connectivity index (χ0n) is 20.0. The maximum atomic E-state index is 6.53. The van der Waals surface area contributed by atoms with E-state index in [1.807, 2.05) is 6.07 Å². The van der Waals surface area contributed by atoms with Gasteiger partial charge < -0.3 is 15.9 Å². The first-order chi connectivity index (χ1) is 16.6. The highest BCUT2D eigenvalue weighted by Gasteiger charge is 2.63. The second kappa shape index (κ2) is 8.92. The molecule has 5 heteroatoms. The first-order valence-corrected chi connectivity index (χ1v) is 13.6. The Bertz CT molecular complexity index is 989. The molecule has 4 nitrogen and oxygen atoms in total. The minimum atomic E-state index is 0.0677. The van der Waals surface area contributed by atoms with Gasteiger partial charge >= 0.3 is 0 Å². The molecule has 2 aliphatic heterocycles. The fraction of sp³-hybridized carbons (Fsp3) is 0.552. The van der Waals surface area contributed by atoms with Crippen LogP contribution in [0.3, 0.4) is 0 Å². The second-order valence-corrected chi connectivity index (χ2v) is 11.8. The standard InChI is InChI=1S/C29H37N3OS/c30-19-21-11-13-23(14-12-21)31-27(34)29-17-24-15-28(20-29,22-7-3-1-4-8-22)16-25(18-29)32(24)33-26-9-5-2-6-10-26/h1-10,21,23-25H,11-20,30H2,(H,31,34). The van der Waals surface area contributed by atoms with Crippen molar-refractivity contribution in [2.75, 3.05) is 6.54 Å². The average molecular weight is 476 g/mol. The van der Waals surface area contributed by atoms with Crippen LogP contribution in [0.2, 0.25) is 0 Å². The third-order valence-corrected chi connectivity index (χ3v) is 9.79. The highest BCUT2D eigenvalue weighted by Crippen LogP contribution is 2.62. The Balaban J connectivity index is 1.26. The Kier molecular flexibility index (Phi) is 5.91. The number of hydroxylamine groups is 2. The topological polar surface area (TPSA) is 50.5 Å². The SMILES string of the molecule is NCC1CCC(NC(=S)C23CC4CC(c5ccccc5)(CC(C2)N4Oc2ccccc2)C3)CC1. The maximum Gasteiger partial charge on any atom is 0.147 e. The molecule has 180 valence electrons. The summed E-state index contributed by atoms with van der Waals surface area (Å²) in [7, 11) is 0. The van der Waals surface area contributed by atoms with E-state index in [1.54, 1.807) is 0 Å². The van der Waals surface area contributed by atoms with Crippen LogP contribution in [0.25, 0.3) is 0 Å². The van der Waals surface area contributed by atoms with Gasteiger partial charge in [-0.05, 0) is 93.4 Å².